The van der Waals surface area contributed by atoms with Crippen LogP contribution >= 0.6 is 0 Å². The molecule has 4 aliphatic carbocycles. The summed E-state index contributed by atoms with van der Waals surface area (Å²) in [6.45, 7) is 12.6. The number of fused-ring (bicyclic) bond motifs is 2. The summed E-state index contributed by atoms with van der Waals surface area (Å²) in [5.74, 6) is -0.794. The van der Waals surface area contributed by atoms with E-state index in [1.54, 1.807) is 0 Å². The van der Waals surface area contributed by atoms with Crippen LogP contribution in [0.3, 0.4) is 0 Å². The normalized spacial score (nSPS) is 58.8. The zero-order valence-electron chi connectivity index (χ0n) is 18.1. The lowest BCUT2D eigenvalue weighted by molar-refractivity contribution is -0.394. The molecule has 5 rings (SSSR count). The van der Waals surface area contributed by atoms with Crippen LogP contribution in [0.5, 0.6) is 0 Å². The van der Waals surface area contributed by atoms with Crippen LogP contribution in [0.1, 0.15) is 67.2 Å². The fourth-order valence-corrected chi connectivity index (χ4v) is 8.69. The van der Waals surface area contributed by atoms with E-state index < -0.39 is 28.8 Å². The van der Waals surface area contributed by atoms with E-state index in [9.17, 15) is 15.0 Å². The molecule has 5 aliphatic rings. The molecular weight excluding hydrogens is 356 g/mol. The monoisotopic (exact) mass is 392 g/mol. The van der Waals surface area contributed by atoms with Gasteiger partial charge in [0.1, 0.15) is 5.78 Å². The molecule has 0 aromatic carbocycles. The van der Waals surface area contributed by atoms with Crippen molar-refractivity contribution in [2.45, 2.75) is 97.4 Å². The fraction of sp³-hybridized carbons (Fsp3) is 0.957. The van der Waals surface area contributed by atoms with Gasteiger partial charge in [-0.1, -0.05) is 27.7 Å². The standard InChI is InChI=1S/C23H36O5/c1-11-12-9-13(24)17-22(6)14(20(2,3)8-7-15(22)25)10-16-23(17,18(11)26)19(12)28-21(4,5)27-16/h11-17,19,24-25H,7-10H2,1-6H3/t11-,12+,13-,14-,15-,16-,17+,19-,22+,23-/m1/s1. The second-order valence-electron chi connectivity index (χ2n) is 11.8. The average molecular weight is 393 g/mol. The molecule has 10 atom stereocenters. The van der Waals surface area contributed by atoms with E-state index >= 15 is 0 Å². The summed E-state index contributed by atoms with van der Waals surface area (Å²) < 4.78 is 12.9. The van der Waals surface area contributed by atoms with Crippen molar-refractivity contribution >= 4 is 5.78 Å². The van der Waals surface area contributed by atoms with Crippen molar-refractivity contribution in [2.75, 3.05) is 0 Å². The van der Waals surface area contributed by atoms with Crippen LogP contribution in [0.4, 0.5) is 0 Å². The van der Waals surface area contributed by atoms with Gasteiger partial charge < -0.3 is 19.7 Å². The lowest BCUT2D eigenvalue weighted by atomic mass is 9.38. The van der Waals surface area contributed by atoms with Crippen LogP contribution in [-0.2, 0) is 14.3 Å². The second-order valence-corrected chi connectivity index (χ2v) is 11.8. The van der Waals surface area contributed by atoms with E-state index in [1.807, 2.05) is 20.8 Å². The van der Waals surface area contributed by atoms with Crippen molar-refractivity contribution < 1.29 is 24.5 Å². The highest BCUT2D eigenvalue weighted by Crippen LogP contribution is 2.73. The number of Topliss-reactive ketones (excluding diaryl/α,β-unsaturated/α-hetero) is 1. The number of ether oxygens (including phenoxy) is 2. The molecule has 4 saturated carbocycles. The lowest BCUT2D eigenvalue weighted by Gasteiger charge is -2.70. The minimum atomic E-state index is -0.836. The molecule has 0 aromatic rings. The lowest BCUT2D eigenvalue weighted by Crippen LogP contribution is -2.76. The molecule has 0 unspecified atom stereocenters. The fourth-order valence-electron chi connectivity index (χ4n) is 8.69. The van der Waals surface area contributed by atoms with Crippen LogP contribution in [0.2, 0.25) is 0 Å². The average Bonchev–Trinajstić information content (AvgIpc) is 2.72. The van der Waals surface area contributed by atoms with Crippen molar-refractivity contribution in [1.29, 1.82) is 0 Å². The molecule has 158 valence electrons. The van der Waals surface area contributed by atoms with Crippen molar-refractivity contribution in [1.82, 2.24) is 0 Å². The van der Waals surface area contributed by atoms with Gasteiger partial charge in [0.2, 0.25) is 0 Å². The van der Waals surface area contributed by atoms with Gasteiger partial charge in [-0.25, -0.2) is 0 Å². The van der Waals surface area contributed by atoms with Crippen molar-refractivity contribution in [3.05, 3.63) is 0 Å². The second kappa shape index (κ2) is 5.40. The Morgan fingerprint density at radius 3 is 2.39 bits per heavy atom. The first-order chi connectivity index (χ1) is 12.9. The number of carbonyl (C=O) groups excluding carboxylic acids is 1. The molecule has 0 aromatic heterocycles. The van der Waals surface area contributed by atoms with Gasteiger partial charge >= 0.3 is 0 Å². The van der Waals surface area contributed by atoms with E-state index in [1.165, 1.54) is 0 Å². The van der Waals surface area contributed by atoms with Crippen LogP contribution in [0.15, 0.2) is 0 Å². The SMILES string of the molecule is C[C@H]1C(=O)[C@@]23[C@@H]4OC(C)(C)O[C@@H]2C[C@@H]2C(C)(C)CC[C@@H](O)[C@@]2(C)[C@@H]3[C@H](O)C[C@H]41. The van der Waals surface area contributed by atoms with Crippen molar-refractivity contribution in [3.63, 3.8) is 0 Å². The topological polar surface area (TPSA) is 76.0 Å². The van der Waals surface area contributed by atoms with E-state index in [0.29, 0.717) is 6.42 Å². The molecule has 28 heavy (non-hydrogen) atoms. The van der Waals surface area contributed by atoms with Gasteiger partial charge in [-0.2, -0.15) is 0 Å². The summed E-state index contributed by atoms with van der Waals surface area (Å²) in [5.41, 5.74) is -1.33. The number of carbonyl (C=O) groups is 1. The first kappa shape index (κ1) is 19.5. The van der Waals surface area contributed by atoms with Gasteiger partial charge in [-0.3, -0.25) is 4.79 Å². The van der Waals surface area contributed by atoms with Gasteiger partial charge in [0.05, 0.1) is 29.8 Å². The largest absolute Gasteiger partial charge is 0.393 e. The number of aliphatic hydroxyl groups excluding tert-OH is 2. The molecule has 5 nitrogen and oxygen atoms in total. The molecule has 1 aliphatic heterocycles. The highest BCUT2D eigenvalue weighted by molar-refractivity contribution is 5.92. The Kier molecular flexibility index (Phi) is 3.76. The molecular formula is C23H36O5. The molecule has 0 radical (unpaired) electrons. The number of hydrogen-bond donors (Lipinski definition) is 2. The van der Waals surface area contributed by atoms with Gasteiger partial charge in [0, 0.05) is 17.3 Å². The third-order valence-electron chi connectivity index (χ3n) is 9.72. The Hall–Kier alpha value is -0.490. The van der Waals surface area contributed by atoms with E-state index in [2.05, 4.69) is 20.8 Å². The zero-order valence-corrected chi connectivity index (χ0v) is 18.1. The summed E-state index contributed by atoms with van der Waals surface area (Å²) in [5, 5.41) is 22.7. The Labute approximate surface area is 168 Å². The zero-order chi connectivity index (χ0) is 20.4. The Morgan fingerprint density at radius 2 is 1.71 bits per heavy atom. The Bertz CT molecular complexity index is 716. The smallest absolute Gasteiger partial charge is 0.163 e. The number of rotatable bonds is 0. The van der Waals surface area contributed by atoms with E-state index in [-0.39, 0.29) is 47.1 Å². The molecule has 1 heterocycles. The van der Waals surface area contributed by atoms with Crippen LogP contribution < -0.4 is 0 Å². The first-order valence-corrected chi connectivity index (χ1v) is 11.1. The molecule has 2 bridgehead atoms. The van der Waals surface area contributed by atoms with E-state index in [4.69, 9.17) is 9.47 Å². The van der Waals surface area contributed by atoms with E-state index in [0.717, 1.165) is 19.3 Å². The van der Waals surface area contributed by atoms with Gasteiger partial charge in [0.25, 0.3) is 0 Å². The summed E-state index contributed by atoms with van der Waals surface area (Å²) in [7, 11) is 0. The first-order valence-electron chi connectivity index (χ1n) is 11.1. The summed E-state index contributed by atoms with van der Waals surface area (Å²) >= 11 is 0. The highest BCUT2D eigenvalue weighted by atomic mass is 16.7. The minimum Gasteiger partial charge on any atom is -0.393 e. The summed E-state index contributed by atoms with van der Waals surface area (Å²) in [4.78, 5) is 13.8. The number of hydrogen-bond acceptors (Lipinski definition) is 5. The highest BCUT2D eigenvalue weighted by Gasteiger charge is 2.80. The molecule has 5 fully saturated rings. The Morgan fingerprint density at radius 1 is 1.04 bits per heavy atom. The maximum Gasteiger partial charge on any atom is 0.163 e. The molecule has 2 N–H and O–H groups in total. The third-order valence-corrected chi connectivity index (χ3v) is 9.72. The van der Waals surface area contributed by atoms with Gasteiger partial charge in [0.15, 0.2) is 5.79 Å². The number of aliphatic hydroxyl groups is 2. The van der Waals surface area contributed by atoms with Gasteiger partial charge in [-0.05, 0) is 56.8 Å². The van der Waals surface area contributed by atoms with Gasteiger partial charge in [-0.15, -0.1) is 0 Å². The predicted octanol–water partition coefficient (Wildman–Crippen LogP) is 2.92. The maximum absolute atomic E-state index is 13.8. The summed E-state index contributed by atoms with van der Waals surface area (Å²) in [6.07, 6.45) is 1.37. The minimum absolute atomic E-state index is 0.0262. The van der Waals surface area contributed by atoms with Crippen LogP contribution in [0.25, 0.3) is 0 Å². The predicted molar refractivity (Wildman–Crippen MR) is 103 cm³/mol. The van der Waals surface area contributed by atoms with Crippen molar-refractivity contribution in [2.24, 2.45) is 39.9 Å². The van der Waals surface area contributed by atoms with Crippen molar-refractivity contribution in [3.8, 4) is 0 Å². The quantitative estimate of drug-likeness (QED) is 0.663. The number of ketones is 1. The third kappa shape index (κ3) is 2.00. The molecule has 0 amide bonds. The van der Waals surface area contributed by atoms with Crippen LogP contribution in [-0.4, -0.2) is 46.2 Å². The molecule has 5 heteroatoms. The molecule has 1 saturated heterocycles. The summed E-state index contributed by atoms with van der Waals surface area (Å²) in [6, 6.07) is 0. The molecule has 1 spiro atoms. The van der Waals surface area contributed by atoms with Crippen LogP contribution in [0, 0.1) is 39.9 Å². The Balaban J connectivity index is 1.75. The maximum atomic E-state index is 13.8.